The van der Waals surface area contributed by atoms with Gasteiger partial charge in [-0.05, 0) is 31.9 Å². The topological polar surface area (TPSA) is 29.0 Å². The zero-order valence-corrected chi connectivity index (χ0v) is 13.0. The van der Waals surface area contributed by atoms with Crippen molar-refractivity contribution in [2.75, 3.05) is 11.9 Å². The quantitative estimate of drug-likeness (QED) is 0.794. The molecule has 0 aromatic carbocycles. The molecule has 2 heterocycles. The van der Waals surface area contributed by atoms with Crippen LogP contribution in [0.5, 0.6) is 0 Å². The van der Waals surface area contributed by atoms with Crippen molar-refractivity contribution in [3.8, 4) is 10.6 Å². The lowest BCUT2D eigenvalue weighted by Crippen LogP contribution is -2.23. The Labute approximate surface area is 123 Å². The lowest BCUT2D eigenvalue weighted by Gasteiger charge is -2.18. The van der Waals surface area contributed by atoms with Crippen molar-refractivity contribution in [2.45, 2.75) is 26.7 Å². The van der Waals surface area contributed by atoms with Crippen LogP contribution in [0.3, 0.4) is 0 Å². The molecule has 2 aromatic rings. The van der Waals surface area contributed by atoms with E-state index in [1.54, 1.807) is 17.5 Å². The Balaban J connectivity index is 2.29. The zero-order valence-electron chi connectivity index (χ0n) is 11.4. The molecule has 0 saturated heterocycles. The Hall–Kier alpha value is -1.33. The third kappa shape index (κ3) is 3.16. The van der Waals surface area contributed by atoms with Crippen LogP contribution in [-0.2, 0) is 0 Å². The molecule has 0 unspecified atom stereocenters. The molecule has 0 fully saturated rings. The summed E-state index contributed by atoms with van der Waals surface area (Å²) in [6.07, 6.45) is 5.61. The summed E-state index contributed by atoms with van der Waals surface area (Å²) in [4.78, 5) is 11.8. The largest absolute Gasteiger partial charge is 0.329 e. The predicted octanol–water partition coefficient (Wildman–Crippen LogP) is 4.08. The molecule has 0 saturated carbocycles. The second kappa shape index (κ2) is 6.21. The summed E-state index contributed by atoms with van der Waals surface area (Å²) in [5, 5.41) is 2.11. The molecule has 0 N–H and O–H groups in total. The van der Waals surface area contributed by atoms with Crippen LogP contribution in [0.4, 0.5) is 5.00 Å². The monoisotopic (exact) mass is 291 g/mol. The van der Waals surface area contributed by atoms with E-state index in [1.807, 2.05) is 32.3 Å². The molecule has 19 heavy (non-hydrogen) atoms. The zero-order chi connectivity index (χ0) is 13.8. The summed E-state index contributed by atoms with van der Waals surface area (Å²) in [5.74, 6) is 0. The van der Waals surface area contributed by atoms with Gasteiger partial charge in [-0.15, -0.1) is 0 Å². The standard InChI is InChI=1S/C14H17N3S2/c1-4-6-12(18)17(3)14-10(2)16-13(19-14)11-7-5-8-15-9-11/h5,7-9H,4,6H2,1-3H3. The van der Waals surface area contributed by atoms with Gasteiger partial charge in [0.15, 0.2) is 0 Å². The SMILES string of the molecule is CCCC(=S)N(C)c1sc(-c2cccnc2)nc1C. The fourth-order valence-corrected chi connectivity index (χ4v) is 3.21. The van der Waals surface area contributed by atoms with Gasteiger partial charge >= 0.3 is 0 Å². The minimum Gasteiger partial charge on any atom is -0.329 e. The first-order chi connectivity index (χ1) is 9.13. The number of hydrogen-bond donors (Lipinski definition) is 0. The molecule has 2 aromatic heterocycles. The van der Waals surface area contributed by atoms with E-state index in [0.29, 0.717) is 0 Å². The second-order valence-electron chi connectivity index (χ2n) is 4.35. The number of thiazole rings is 1. The highest BCUT2D eigenvalue weighted by Crippen LogP contribution is 2.33. The maximum Gasteiger partial charge on any atom is 0.127 e. The van der Waals surface area contributed by atoms with Crippen molar-refractivity contribution in [1.29, 1.82) is 0 Å². The van der Waals surface area contributed by atoms with Gasteiger partial charge in [0, 0.05) is 25.0 Å². The van der Waals surface area contributed by atoms with E-state index in [2.05, 4.69) is 21.8 Å². The maximum absolute atomic E-state index is 5.44. The molecule has 0 atom stereocenters. The molecule has 100 valence electrons. The fraction of sp³-hybridized carbons (Fsp3) is 0.357. The number of anilines is 1. The lowest BCUT2D eigenvalue weighted by molar-refractivity contribution is 0.984. The predicted molar refractivity (Wildman–Crippen MR) is 86.0 cm³/mol. The van der Waals surface area contributed by atoms with Crippen LogP contribution in [0.15, 0.2) is 24.5 Å². The smallest absolute Gasteiger partial charge is 0.127 e. The Morgan fingerprint density at radius 3 is 2.89 bits per heavy atom. The van der Waals surface area contributed by atoms with Gasteiger partial charge in [-0.3, -0.25) is 4.98 Å². The van der Waals surface area contributed by atoms with Crippen LogP contribution in [0.1, 0.15) is 25.5 Å². The van der Waals surface area contributed by atoms with Crippen LogP contribution in [0, 0.1) is 6.92 Å². The van der Waals surface area contributed by atoms with Gasteiger partial charge in [0.05, 0.1) is 10.7 Å². The molecule has 2 rings (SSSR count). The average molecular weight is 291 g/mol. The molecular weight excluding hydrogens is 274 g/mol. The highest BCUT2D eigenvalue weighted by atomic mass is 32.1. The molecule has 0 amide bonds. The van der Waals surface area contributed by atoms with Crippen molar-refractivity contribution in [1.82, 2.24) is 9.97 Å². The van der Waals surface area contributed by atoms with E-state index in [4.69, 9.17) is 12.2 Å². The molecule has 5 heteroatoms. The molecule has 0 spiro atoms. The van der Waals surface area contributed by atoms with Gasteiger partial charge < -0.3 is 4.90 Å². The minimum absolute atomic E-state index is 0.936. The van der Waals surface area contributed by atoms with E-state index < -0.39 is 0 Å². The fourth-order valence-electron chi connectivity index (χ4n) is 1.81. The van der Waals surface area contributed by atoms with E-state index in [9.17, 15) is 0 Å². The normalized spacial score (nSPS) is 10.5. The second-order valence-corrected chi connectivity index (χ2v) is 5.80. The third-order valence-electron chi connectivity index (χ3n) is 2.82. The highest BCUT2D eigenvalue weighted by Gasteiger charge is 2.15. The van der Waals surface area contributed by atoms with E-state index in [1.165, 1.54) is 0 Å². The number of aromatic nitrogens is 2. The number of rotatable bonds is 4. The van der Waals surface area contributed by atoms with Gasteiger partial charge in [-0.1, -0.05) is 30.5 Å². The molecule has 3 nitrogen and oxygen atoms in total. The summed E-state index contributed by atoms with van der Waals surface area (Å²) in [6.45, 7) is 4.16. The van der Waals surface area contributed by atoms with Crippen LogP contribution in [0.2, 0.25) is 0 Å². The summed E-state index contributed by atoms with van der Waals surface area (Å²) in [5.41, 5.74) is 2.07. The van der Waals surface area contributed by atoms with E-state index >= 15 is 0 Å². The van der Waals surface area contributed by atoms with E-state index in [0.717, 1.165) is 39.1 Å². The van der Waals surface area contributed by atoms with Gasteiger partial charge in [0.25, 0.3) is 0 Å². The van der Waals surface area contributed by atoms with Gasteiger partial charge in [-0.25, -0.2) is 4.98 Å². The van der Waals surface area contributed by atoms with Gasteiger partial charge in [0.1, 0.15) is 10.0 Å². The summed E-state index contributed by atoms with van der Waals surface area (Å²) < 4.78 is 0. The summed E-state index contributed by atoms with van der Waals surface area (Å²) >= 11 is 7.10. The third-order valence-corrected chi connectivity index (χ3v) is 4.58. The number of aryl methyl sites for hydroxylation is 1. The number of hydrogen-bond acceptors (Lipinski definition) is 4. The van der Waals surface area contributed by atoms with Crippen molar-refractivity contribution in [2.24, 2.45) is 0 Å². The molecule has 0 radical (unpaired) electrons. The Kier molecular flexibility index (Phi) is 4.61. The first kappa shape index (κ1) is 14.1. The lowest BCUT2D eigenvalue weighted by atomic mass is 10.3. The van der Waals surface area contributed by atoms with Crippen LogP contribution in [0.25, 0.3) is 10.6 Å². The maximum atomic E-state index is 5.44. The van der Waals surface area contributed by atoms with Crippen molar-refractivity contribution < 1.29 is 0 Å². The van der Waals surface area contributed by atoms with Crippen LogP contribution < -0.4 is 4.90 Å². The van der Waals surface area contributed by atoms with Gasteiger partial charge in [0.2, 0.25) is 0 Å². The Morgan fingerprint density at radius 1 is 1.47 bits per heavy atom. The average Bonchev–Trinajstić information content (AvgIpc) is 2.81. The molecular formula is C14H17N3S2. The number of pyridine rings is 1. The number of nitrogens with zero attached hydrogens (tertiary/aromatic N) is 3. The summed E-state index contributed by atoms with van der Waals surface area (Å²) in [6, 6.07) is 3.95. The summed E-state index contributed by atoms with van der Waals surface area (Å²) in [7, 11) is 2.02. The van der Waals surface area contributed by atoms with Gasteiger partial charge in [-0.2, -0.15) is 0 Å². The molecule has 0 aliphatic carbocycles. The molecule has 0 aliphatic heterocycles. The first-order valence-electron chi connectivity index (χ1n) is 6.28. The van der Waals surface area contributed by atoms with Crippen LogP contribution >= 0.6 is 23.6 Å². The van der Waals surface area contributed by atoms with Crippen molar-refractivity contribution in [3.63, 3.8) is 0 Å². The van der Waals surface area contributed by atoms with E-state index in [-0.39, 0.29) is 0 Å². The molecule has 0 aliphatic rings. The number of thiocarbonyl (C=S) groups is 1. The molecule has 0 bridgehead atoms. The highest BCUT2D eigenvalue weighted by molar-refractivity contribution is 7.80. The first-order valence-corrected chi connectivity index (χ1v) is 7.50. The Bertz CT molecular complexity index is 563. The van der Waals surface area contributed by atoms with Crippen molar-refractivity contribution in [3.05, 3.63) is 30.2 Å². The Morgan fingerprint density at radius 2 is 2.26 bits per heavy atom. The van der Waals surface area contributed by atoms with Crippen LogP contribution in [-0.4, -0.2) is 22.0 Å². The minimum atomic E-state index is 0.936. The van der Waals surface area contributed by atoms with Crippen molar-refractivity contribution >= 4 is 33.5 Å².